The van der Waals surface area contributed by atoms with Gasteiger partial charge in [-0.25, -0.2) is 0 Å². The fraction of sp³-hybridized carbons (Fsp3) is 0.522. The molecule has 1 N–H and O–H groups in total. The molecule has 2 unspecified atom stereocenters. The summed E-state index contributed by atoms with van der Waals surface area (Å²) in [7, 11) is 3.04. The summed E-state index contributed by atoms with van der Waals surface area (Å²) in [4.78, 5) is 64.5. The van der Waals surface area contributed by atoms with Crippen LogP contribution in [0.4, 0.5) is 0 Å². The Morgan fingerprint density at radius 3 is 2.50 bits per heavy atom. The molecule has 1 aromatic rings. The molecule has 0 radical (unpaired) electrons. The Morgan fingerprint density at radius 1 is 1.17 bits per heavy atom. The van der Waals surface area contributed by atoms with E-state index in [1.165, 1.54) is 37.2 Å². The molecule has 2 heterocycles. The molecule has 0 spiro atoms. The molecule has 2 aliphatic rings. The van der Waals surface area contributed by atoms with Gasteiger partial charge in [0.05, 0.1) is 30.0 Å². The first-order valence-corrected chi connectivity index (χ1v) is 12.3. The minimum atomic E-state index is -2.98. The molecule has 36 heavy (non-hydrogen) atoms. The predicted molar refractivity (Wildman–Crippen MR) is 131 cm³/mol. The van der Waals surface area contributed by atoms with Crippen molar-refractivity contribution >= 4 is 59.5 Å². The van der Waals surface area contributed by atoms with E-state index < -0.39 is 60.6 Å². The largest absolute Gasteiger partial charge is 0.633 e. The topological polar surface area (TPSA) is 128 Å². The van der Waals surface area contributed by atoms with Gasteiger partial charge in [0.25, 0.3) is 17.8 Å². The summed E-state index contributed by atoms with van der Waals surface area (Å²) in [6.45, 7) is 0.436. The van der Waals surface area contributed by atoms with Gasteiger partial charge >= 0.3 is 6.75 Å². The third kappa shape index (κ3) is 6.01. The Balaban J connectivity index is 1.77. The van der Waals surface area contributed by atoms with Crippen molar-refractivity contribution in [2.75, 3.05) is 20.6 Å². The van der Waals surface area contributed by atoms with Gasteiger partial charge in [0.15, 0.2) is 0 Å². The average Bonchev–Trinajstić information content (AvgIpc) is 2.98. The number of Topliss-reactive ketones (excluding diaryl/α,β-unsaturated/α-hetero) is 1. The van der Waals surface area contributed by atoms with E-state index in [9.17, 15) is 24.0 Å². The molecule has 13 heteroatoms. The van der Waals surface area contributed by atoms with Crippen molar-refractivity contribution in [2.24, 2.45) is 5.92 Å². The quantitative estimate of drug-likeness (QED) is 0.448. The van der Waals surface area contributed by atoms with Crippen LogP contribution in [0.1, 0.15) is 49.9 Å². The Labute approximate surface area is 218 Å². The van der Waals surface area contributed by atoms with Crippen molar-refractivity contribution in [2.45, 2.75) is 50.9 Å². The fourth-order valence-electron chi connectivity index (χ4n) is 4.44. The minimum absolute atomic E-state index is 0.0141. The maximum atomic E-state index is 12.9. The van der Waals surface area contributed by atoms with Gasteiger partial charge in [-0.2, -0.15) is 0 Å². The highest BCUT2D eigenvalue weighted by atomic mass is 35.5. The summed E-state index contributed by atoms with van der Waals surface area (Å²) in [5.41, 5.74) is -1.69. The fourth-order valence-corrected chi connectivity index (χ4v) is 4.82. The zero-order valence-corrected chi connectivity index (χ0v) is 22.0. The molecule has 3 rings (SSSR count). The van der Waals surface area contributed by atoms with Crippen molar-refractivity contribution in [1.82, 2.24) is 10.2 Å². The highest BCUT2D eigenvalue weighted by Crippen LogP contribution is 2.48. The lowest BCUT2D eigenvalue weighted by Gasteiger charge is -2.46. The molecule has 0 saturated carbocycles. The van der Waals surface area contributed by atoms with Crippen LogP contribution >= 0.6 is 23.2 Å². The maximum absolute atomic E-state index is 12.9. The number of hydrogen-bond donors (Lipinski definition) is 1. The standard InChI is InChI=1S/C23H28BCl2N2O8/c1-13(2)7-14(8-16(29)12-27-21(32)17-9-15(25)5-6-18(17)26)24-34-20(31)11-23(36-24,22(33)35-24)10-19(30)28(3)4/h5-6,9,13-14H,7-8,10-12H2,1-4H3,(H,27,32)/q-1/t14?,23-,24?/m1/s1. The summed E-state index contributed by atoms with van der Waals surface area (Å²) in [5.74, 6) is -3.83. The normalized spacial score (nSPS) is 23.6. The zero-order chi connectivity index (χ0) is 26.8. The van der Waals surface area contributed by atoms with Crippen LogP contribution < -0.4 is 5.32 Å². The lowest BCUT2D eigenvalue weighted by molar-refractivity contribution is -0.158. The smallest absolute Gasteiger partial charge is 0.499 e. The van der Waals surface area contributed by atoms with Crippen LogP contribution in [0, 0.1) is 5.92 Å². The van der Waals surface area contributed by atoms with Gasteiger partial charge < -0.3 is 24.2 Å². The van der Waals surface area contributed by atoms with Gasteiger partial charge in [-0.1, -0.05) is 49.3 Å². The van der Waals surface area contributed by atoms with E-state index in [0.717, 1.165) is 0 Å². The molecular weight excluding hydrogens is 514 g/mol. The summed E-state index contributed by atoms with van der Waals surface area (Å²) in [6, 6.07) is 4.39. The molecule has 2 aliphatic heterocycles. The third-order valence-electron chi connectivity index (χ3n) is 6.15. The highest BCUT2D eigenvalue weighted by molar-refractivity contribution is 6.68. The van der Waals surface area contributed by atoms with Crippen molar-refractivity contribution in [3.05, 3.63) is 33.8 Å². The summed E-state index contributed by atoms with van der Waals surface area (Å²) in [6.07, 6.45) is -0.748. The third-order valence-corrected chi connectivity index (χ3v) is 6.72. The van der Waals surface area contributed by atoms with Crippen LogP contribution in [0.5, 0.6) is 0 Å². The molecule has 2 fully saturated rings. The van der Waals surface area contributed by atoms with Crippen LogP contribution in [0.15, 0.2) is 18.2 Å². The first-order chi connectivity index (χ1) is 16.8. The van der Waals surface area contributed by atoms with Crippen LogP contribution in [0.2, 0.25) is 15.9 Å². The van der Waals surface area contributed by atoms with E-state index in [2.05, 4.69) is 5.32 Å². The van der Waals surface area contributed by atoms with Crippen LogP contribution in [-0.4, -0.2) is 67.4 Å². The monoisotopic (exact) mass is 541 g/mol. The number of rotatable bonds is 10. The van der Waals surface area contributed by atoms with Gasteiger partial charge in [-0.3, -0.25) is 24.0 Å². The molecule has 10 nitrogen and oxygen atoms in total. The molecule has 0 aromatic heterocycles. The molecule has 0 aliphatic carbocycles. The van der Waals surface area contributed by atoms with E-state index in [0.29, 0.717) is 11.4 Å². The SMILES string of the molecule is CC(C)CC(CC(=O)CNC(=O)c1cc(Cl)ccc1Cl)[B-]12OC(=O)C[C@@](CC(=O)N(C)C)(O1)C(=O)O2. The number of amides is 2. The van der Waals surface area contributed by atoms with Gasteiger partial charge in [-0.05, 0) is 30.5 Å². The molecule has 2 saturated heterocycles. The summed E-state index contributed by atoms with van der Waals surface area (Å²) >= 11 is 12.0. The highest BCUT2D eigenvalue weighted by Gasteiger charge is 2.64. The summed E-state index contributed by atoms with van der Waals surface area (Å²) in [5, 5.41) is 2.99. The van der Waals surface area contributed by atoms with Crippen molar-refractivity contribution < 1.29 is 37.9 Å². The van der Waals surface area contributed by atoms with Crippen LogP contribution in [0.3, 0.4) is 0 Å². The second-order valence-corrected chi connectivity index (χ2v) is 10.6. The summed E-state index contributed by atoms with van der Waals surface area (Å²) < 4.78 is 17.0. The number of ketones is 1. The van der Waals surface area contributed by atoms with Crippen molar-refractivity contribution in [3.63, 3.8) is 0 Å². The maximum Gasteiger partial charge on any atom is 0.499 e. The van der Waals surface area contributed by atoms with E-state index in [1.807, 2.05) is 13.8 Å². The number of nitrogens with one attached hydrogen (secondary N) is 1. The number of fused-ring (bicyclic) bond motifs is 2. The van der Waals surface area contributed by atoms with Gasteiger partial charge in [0, 0.05) is 19.1 Å². The minimum Gasteiger partial charge on any atom is -0.633 e. The molecule has 2 bridgehead atoms. The van der Waals surface area contributed by atoms with E-state index in [4.69, 9.17) is 37.2 Å². The second kappa shape index (κ2) is 10.8. The first-order valence-electron chi connectivity index (χ1n) is 11.5. The number of nitrogens with zero attached hydrogens (tertiary/aromatic N) is 1. The second-order valence-electron chi connectivity index (χ2n) is 9.79. The van der Waals surface area contributed by atoms with Gasteiger partial charge in [0.1, 0.15) is 11.4 Å². The molecule has 1 aromatic carbocycles. The lowest BCUT2D eigenvalue weighted by atomic mass is 9.57. The zero-order valence-electron chi connectivity index (χ0n) is 20.5. The number of benzene rings is 1. The molecule has 196 valence electrons. The molecule has 2 amide bonds. The molecule has 3 atom stereocenters. The van der Waals surface area contributed by atoms with Crippen LogP contribution in [0.25, 0.3) is 0 Å². The molecular formula is C23H28BCl2N2O8-. The van der Waals surface area contributed by atoms with Gasteiger partial charge in [-0.15, -0.1) is 0 Å². The first kappa shape index (κ1) is 28.0. The predicted octanol–water partition coefficient (Wildman–Crippen LogP) is 2.78. The number of hydrogen-bond acceptors (Lipinski definition) is 8. The van der Waals surface area contributed by atoms with E-state index >= 15 is 0 Å². The van der Waals surface area contributed by atoms with Crippen LogP contribution in [-0.2, 0) is 33.1 Å². The van der Waals surface area contributed by atoms with Crippen molar-refractivity contribution in [1.29, 1.82) is 0 Å². The lowest BCUT2D eigenvalue weighted by Crippen LogP contribution is -2.56. The number of carbonyl (C=O) groups excluding carboxylic acids is 5. The van der Waals surface area contributed by atoms with Gasteiger partial charge in [0.2, 0.25) is 5.91 Å². The Kier molecular flexibility index (Phi) is 8.37. The Morgan fingerprint density at radius 2 is 1.86 bits per heavy atom. The number of halogens is 2. The van der Waals surface area contributed by atoms with E-state index in [1.54, 1.807) is 0 Å². The van der Waals surface area contributed by atoms with E-state index in [-0.39, 0.29) is 29.5 Å². The Bertz CT molecular complexity index is 1100. The van der Waals surface area contributed by atoms with Crippen molar-refractivity contribution in [3.8, 4) is 0 Å². The Hall–Kier alpha value is -2.63. The number of carbonyl (C=O) groups is 5. The average molecular weight is 542 g/mol.